The van der Waals surface area contributed by atoms with Crippen LogP contribution in [0.25, 0.3) is 0 Å². The number of Topliss-reactive ketones (excluding diaryl/α,β-unsaturated/α-hetero) is 3. The molecule has 3 aliphatic rings. The first kappa shape index (κ1) is 61.9. The molecule has 14 nitrogen and oxygen atoms in total. The molecule has 2 aliphatic heterocycles. The molecule has 2 heterocycles. The van der Waals surface area contributed by atoms with Crippen molar-refractivity contribution in [2.75, 3.05) is 41.1 Å². The average Bonchev–Trinajstić information content (AvgIpc) is 3.35. The van der Waals surface area contributed by atoms with Crippen LogP contribution in [0.1, 0.15) is 159 Å². The quantitative estimate of drug-likeness (QED) is 0.0290. The van der Waals surface area contributed by atoms with Gasteiger partial charge in [-0.15, -0.1) is 0 Å². The summed E-state index contributed by atoms with van der Waals surface area (Å²) in [5, 5.41) is 20.7. The summed E-state index contributed by atoms with van der Waals surface area (Å²) in [6.45, 7) is 19.1. The molecule has 1 amide bonds. The van der Waals surface area contributed by atoms with E-state index in [4.69, 9.17) is 28.4 Å². The van der Waals surface area contributed by atoms with E-state index in [-0.39, 0.29) is 73.1 Å². The number of ether oxygens (including phenoxy) is 6. The molecule has 3 fully saturated rings. The molecule has 0 radical (unpaired) electrons. The van der Waals surface area contributed by atoms with Crippen LogP contribution in [0.3, 0.4) is 0 Å². The minimum atomic E-state index is -1.70. The summed E-state index contributed by atoms with van der Waals surface area (Å²) in [4.78, 5) is 67.3. The summed E-state index contributed by atoms with van der Waals surface area (Å²) in [5.74, 6) is -2.38. The molecule has 0 aromatic heterocycles. The maximum atomic E-state index is 13.8. The molecule has 2 saturated heterocycles. The summed E-state index contributed by atoms with van der Waals surface area (Å²) in [7, 11) is 4.85. The molecule has 71 heavy (non-hydrogen) atoms. The SMILES string of the molecule is CCC1(C(=O)C(=O)N2CCCC[C@H]2C(=O)O)O[C@H](CC/C(C)=C/C=C/C=C/[C@@H](C)C[C@@H](C)C(=O)[C@H](OC)[C@H](OC)/C(C)=C/[C@@H](C)C(=O)CC[C@H](C)C[C@@H]2CC[C@@H](OCCOC(C)C)[C@H](OC)C2)CC[C@H]1O. The molecule has 0 spiro atoms. The van der Waals surface area contributed by atoms with Crippen LogP contribution in [0.15, 0.2) is 47.6 Å². The molecule has 14 heteroatoms. The smallest absolute Gasteiger partial charge is 0.326 e. The third-order valence-electron chi connectivity index (χ3n) is 15.1. The van der Waals surface area contributed by atoms with Gasteiger partial charge in [-0.05, 0) is 141 Å². The number of hydrogen-bond acceptors (Lipinski definition) is 12. The second-order valence-corrected chi connectivity index (χ2v) is 21.2. The van der Waals surface area contributed by atoms with Gasteiger partial charge in [0.15, 0.2) is 11.4 Å². The van der Waals surface area contributed by atoms with Crippen LogP contribution in [0.4, 0.5) is 0 Å². The fraction of sp³-hybridized carbons (Fsp3) is 0.772. The number of piperidine rings is 1. The van der Waals surface area contributed by atoms with Crippen molar-refractivity contribution in [3.05, 3.63) is 47.6 Å². The van der Waals surface area contributed by atoms with Crippen LogP contribution in [-0.4, -0.2) is 140 Å². The fourth-order valence-corrected chi connectivity index (χ4v) is 10.8. The van der Waals surface area contributed by atoms with E-state index in [2.05, 4.69) is 19.9 Å². The molecule has 1 saturated carbocycles. The first-order valence-corrected chi connectivity index (χ1v) is 26.7. The number of likely N-dealkylation sites (tertiary alicyclic amines) is 1. The van der Waals surface area contributed by atoms with Crippen LogP contribution in [0.5, 0.6) is 0 Å². The predicted octanol–water partition coefficient (Wildman–Crippen LogP) is 9.39. The molecule has 3 rings (SSSR count). The van der Waals surface area contributed by atoms with Gasteiger partial charge in [0, 0.05) is 46.1 Å². The number of aliphatic hydroxyl groups excluding tert-OH is 1. The standard InChI is InChI=1S/C57H93NO13/c1-13-57(54(62)55(63)58-30-18-17-21-46(58)56(64)65)50(60)29-26-45(71-57)25-22-38(4)19-15-14-16-20-39(5)33-42(8)51(61)53(68-12)52(67-11)43(9)35-41(7)47(59)27-23-40(6)34-44-24-28-48(49(36-44)66-10)70-32-31-69-37(2)3/h14-16,19-20,35,37,39-42,44-46,48-50,52-53,60H,13,17-18,21-34,36H2,1-12H3,(H,64,65)/b15-14+,20-16+,38-19+,43-35+/t39-,40+,41-,42-,44+,45-,46+,48-,49-,50-,52-,53+,57?/m1/s1. The van der Waals surface area contributed by atoms with E-state index in [1.165, 1.54) is 7.11 Å². The highest BCUT2D eigenvalue weighted by Gasteiger charge is 2.53. The maximum absolute atomic E-state index is 13.8. The van der Waals surface area contributed by atoms with Crippen molar-refractivity contribution < 1.29 is 62.6 Å². The third-order valence-corrected chi connectivity index (χ3v) is 15.1. The monoisotopic (exact) mass is 1000 g/mol. The van der Waals surface area contributed by atoms with Gasteiger partial charge < -0.3 is 43.5 Å². The number of aliphatic carboxylic acids is 1. The minimum absolute atomic E-state index is 0.0527. The number of carbonyl (C=O) groups excluding carboxylic acids is 4. The lowest BCUT2D eigenvalue weighted by Crippen LogP contribution is -2.62. The third kappa shape index (κ3) is 19.1. The number of carbonyl (C=O) groups is 5. The van der Waals surface area contributed by atoms with Crippen molar-refractivity contribution in [3.8, 4) is 0 Å². The molecule has 404 valence electrons. The second-order valence-electron chi connectivity index (χ2n) is 21.2. The van der Waals surface area contributed by atoms with E-state index in [0.29, 0.717) is 76.4 Å². The highest BCUT2D eigenvalue weighted by atomic mass is 16.6. The van der Waals surface area contributed by atoms with Gasteiger partial charge in [0.2, 0.25) is 0 Å². The summed E-state index contributed by atoms with van der Waals surface area (Å²) in [6.07, 6.45) is 19.0. The van der Waals surface area contributed by atoms with Gasteiger partial charge >= 0.3 is 5.97 Å². The fourth-order valence-electron chi connectivity index (χ4n) is 10.8. The summed E-state index contributed by atoms with van der Waals surface area (Å²) >= 11 is 0. The zero-order valence-electron chi connectivity index (χ0n) is 45.5. The summed E-state index contributed by atoms with van der Waals surface area (Å²) in [5.41, 5.74) is 0.178. The lowest BCUT2D eigenvalue weighted by atomic mass is 9.79. The molecule has 0 aromatic rings. The Morgan fingerprint density at radius 1 is 0.845 bits per heavy atom. The van der Waals surface area contributed by atoms with Gasteiger partial charge in [-0.3, -0.25) is 19.2 Å². The lowest BCUT2D eigenvalue weighted by molar-refractivity contribution is -0.201. The van der Waals surface area contributed by atoms with Crippen molar-refractivity contribution in [1.82, 2.24) is 4.90 Å². The molecule has 1 unspecified atom stereocenters. The number of carboxylic acid groups (broad SMARTS) is 1. The Morgan fingerprint density at radius 3 is 2.21 bits per heavy atom. The molecular weight excluding hydrogens is 907 g/mol. The van der Waals surface area contributed by atoms with Crippen molar-refractivity contribution in [3.63, 3.8) is 0 Å². The largest absolute Gasteiger partial charge is 0.480 e. The highest BCUT2D eigenvalue weighted by molar-refractivity contribution is 6.39. The van der Waals surface area contributed by atoms with Gasteiger partial charge in [0.05, 0.1) is 43.7 Å². The van der Waals surface area contributed by atoms with Gasteiger partial charge in [-0.1, -0.05) is 76.6 Å². The maximum Gasteiger partial charge on any atom is 0.326 e. The van der Waals surface area contributed by atoms with Crippen molar-refractivity contribution in [1.29, 1.82) is 0 Å². The molecular formula is C57H93NO13. The molecule has 13 atom stereocenters. The Kier molecular flexibility index (Phi) is 27.4. The Morgan fingerprint density at radius 2 is 1.56 bits per heavy atom. The second kappa shape index (κ2) is 31.4. The molecule has 1 aliphatic carbocycles. The summed E-state index contributed by atoms with van der Waals surface area (Å²) in [6, 6.07) is -1.06. The number of hydrogen-bond donors (Lipinski definition) is 2. The van der Waals surface area contributed by atoms with Gasteiger partial charge in [0.1, 0.15) is 24.0 Å². The molecule has 0 aromatic carbocycles. The number of carboxylic acids is 1. The van der Waals surface area contributed by atoms with E-state index in [1.54, 1.807) is 21.1 Å². The number of methoxy groups -OCH3 is 3. The molecule has 0 bridgehead atoms. The number of allylic oxidation sites excluding steroid dienone is 7. The van der Waals surface area contributed by atoms with Crippen molar-refractivity contribution in [2.24, 2.45) is 29.6 Å². The number of nitrogens with zero attached hydrogens (tertiary/aromatic N) is 1. The predicted molar refractivity (Wildman–Crippen MR) is 276 cm³/mol. The van der Waals surface area contributed by atoms with Crippen LogP contribution < -0.4 is 0 Å². The Bertz CT molecular complexity index is 1810. The van der Waals surface area contributed by atoms with Crippen LogP contribution in [0.2, 0.25) is 0 Å². The number of aliphatic hydroxyl groups is 1. The highest BCUT2D eigenvalue weighted by Crippen LogP contribution is 2.37. The molecule has 2 N–H and O–H groups in total. The van der Waals surface area contributed by atoms with Crippen LogP contribution in [-0.2, 0) is 52.4 Å². The number of ketones is 3. The van der Waals surface area contributed by atoms with E-state index >= 15 is 0 Å². The van der Waals surface area contributed by atoms with Gasteiger partial charge in [0.25, 0.3) is 11.7 Å². The van der Waals surface area contributed by atoms with E-state index in [1.807, 2.05) is 71.9 Å². The lowest BCUT2D eigenvalue weighted by Gasteiger charge is -2.44. The van der Waals surface area contributed by atoms with Crippen LogP contribution >= 0.6 is 0 Å². The summed E-state index contributed by atoms with van der Waals surface area (Å²) < 4.78 is 35.5. The van der Waals surface area contributed by atoms with Gasteiger partial charge in [-0.2, -0.15) is 0 Å². The van der Waals surface area contributed by atoms with Crippen molar-refractivity contribution >= 4 is 29.2 Å². The van der Waals surface area contributed by atoms with E-state index in [9.17, 15) is 34.2 Å². The zero-order chi connectivity index (χ0) is 52.8. The van der Waals surface area contributed by atoms with E-state index in [0.717, 1.165) is 48.2 Å². The normalized spacial score (nSPS) is 27.4. The average molecular weight is 1000 g/mol. The first-order valence-electron chi connectivity index (χ1n) is 26.7. The van der Waals surface area contributed by atoms with Gasteiger partial charge in [-0.25, -0.2) is 4.79 Å². The number of rotatable bonds is 31. The Balaban J connectivity index is 1.46. The number of amides is 1. The Labute approximate surface area is 426 Å². The Hall–Kier alpha value is -3.37. The van der Waals surface area contributed by atoms with Crippen LogP contribution in [0, 0.1) is 29.6 Å². The topological polar surface area (TPSA) is 184 Å². The zero-order valence-corrected chi connectivity index (χ0v) is 45.5. The minimum Gasteiger partial charge on any atom is -0.480 e. The van der Waals surface area contributed by atoms with E-state index < -0.39 is 47.6 Å². The van der Waals surface area contributed by atoms with Crippen molar-refractivity contribution in [2.45, 2.75) is 213 Å². The first-order chi connectivity index (χ1) is 33.7.